The molecule has 0 N–H and O–H groups in total. The predicted octanol–water partition coefficient (Wildman–Crippen LogP) is 11.4. The summed E-state index contributed by atoms with van der Waals surface area (Å²) in [6, 6.07) is 81.4. The molecule has 0 nitrogen and oxygen atoms in total. The van der Waals surface area contributed by atoms with Gasteiger partial charge in [0.1, 0.15) is 31.8 Å². The Bertz CT molecular complexity index is 2230. The summed E-state index contributed by atoms with van der Waals surface area (Å²) in [6.07, 6.45) is 2.58. The third-order valence-corrected chi connectivity index (χ3v) is 16.0. The molecule has 286 valence electrons. The van der Waals surface area contributed by atoms with Gasteiger partial charge in [0.15, 0.2) is 0 Å². The quantitative estimate of drug-likeness (QED) is 0.0901. The van der Waals surface area contributed by atoms with E-state index in [4.69, 9.17) is 0 Å². The number of hydrogen-bond acceptors (Lipinski definition) is 0. The Hall–Kier alpha value is -5.15. The van der Waals surface area contributed by atoms with Crippen molar-refractivity contribution in [3.63, 3.8) is 0 Å². The smallest absolute Gasteiger partial charge is 0.0776 e. The van der Waals surface area contributed by atoms with Crippen molar-refractivity contribution in [1.29, 1.82) is 0 Å². The fraction of sp³-hybridized carbons (Fsp3) is 0.0741. The van der Waals surface area contributed by atoms with Gasteiger partial charge in [0.05, 0.1) is 15.8 Å². The molecule has 57 heavy (non-hydrogen) atoms. The van der Waals surface area contributed by atoms with Gasteiger partial charge in [-0.15, -0.1) is 0 Å². The van der Waals surface area contributed by atoms with Crippen molar-refractivity contribution in [1.82, 2.24) is 0 Å². The zero-order valence-electron chi connectivity index (χ0n) is 31.8. The maximum atomic E-state index is 2.58. The maximum Gasteiger partial charge on any atom is 0.110 e. The Balaban J connectivity index is 0.00000214. The van der Waals surface area contributed by atoms with E-state index in [1.54, 1.807) is 0 Å². The second-order valence-corrected chi connectivity index (χ2v) is 19.1. The molecule has 0 aliphatic heterocycles. The van der Waals surface area contributed by atoms with Crippen LogP contribution in [0.1, 0.15) is 48.2 Å². The summed E-state index contributed by atoms with van der Waals surface area (Å²) in [6.45, 7) is 4.34. The van der Waals surface area contributed by atoms with Crippen LogP contribution in [0.4, 0.5) is 0 Å². The number of hydrogen-bond donors (Lipinski definition) is 0. The first kappa shape index (κ1) is 41.5. The van der Waals surface area contributed by atoms with Crippen molar-refractivity contribution in [3.8, 4) is 0 Å². The van der Waals surface area contributed by atoms with Crippen molar-refractivity contribution in [3.05, 3.63) is 258 Å². The zero-order chi connectivity index (χ0) is 37.4. The Morgan fingerprint density at radius 3 is 0.982 bits per heavy atom. The SMILES string of the molecule is C.Cc1ccc(C(C=C(c2ccccc2[PH+](c2ccccc2)c2ccccc2)c2ccccc2[PH+](c2ccccc2)c2ccccc2)c2ccc(C)cc2)cc1.[HH].[Ni]. The van der Waals surface area contributed by atoms with Crippen molar-refractivity contribution in [2.75, 3.05) is 0 Å². The van der Waals surface area contributed by atoms with Gasteiger partial charge in [-0.25, -0.2) is 0 Å². The topological polar surface area (TPSA) is 0 Å². The number of aryl methyl sites for hydroxylation is 2. The largest absolute Gasteiger partial charge is 0.110 e. The van der Waals surface area contributed by atoms with Crippen molar-refractivity contribution in [2.45, 2.75) is 27.2 Å². The minimum Gasteiger partial charge on any atom is -0.0776 e. The van der Waals surface area contributed by atoms with Crippen LogP contribution >= 0.6 is 15.8 Å². The van der Waals surface area contributed by atoms with Gasteiger partial charge in [-0.3, -0.25) is 0 Å². The molecule has 0 fully saturated rings. The van der Waals surface area contributed by atoms with Gasteiger partial charge in [-0.1, -0.05) is 182 Å². The number of allylic oxidation sites excluding steroid dienone is 1. The van der Waals surface area contributed by atoms with Gasteiger partial charge in [0, 0.05) is 35.0 Å². The van der Waals surface area contributed by atoms with Crippen LogP contribution in [0.2, 0.25) is 0 Å². The Morgan fingerprint density at radius 2 is 0.667 bits per heavy atom. The van der Waals surface area contributed by atoms with Gasteiger partial charge in [-0.05, 0) is 91.2 Å². The standard InChI is InChI=1S/C53H44P2.CH4.Ni.H2/c1-40-31-35-42(36-32-40)50(43-37-33-41(2)34-38-43)39-51(48-27-15-17-29-52(48)54(44-19-7-3-8-20-44)45-21-9-4-10-22-45)49-28-16-18-30-53(49)55(46-23-11-5-12-24-46)47-25-13-6-14-26-47;;;/h3-39,50H,1-2H3;1H4;;1H/p+2. The second-order valence-electron chi connectivity index (χ2n) is 14.2. The molecular formula is C54H52NiP2+2. The summed E-state index contributed by atoms with van der Waals surface area (Å²) in [7, 11) is -2.80. The van der Waals surface area contributed by atoms with Gasteiger partial charge >= 0.3 is 0 Å². The molecule has 3 heteroatoms. The summed E-state index contributed by atoms with van der Waals surface area (Å²) in [5, 5.41) is 8.31. The second kappa shape index (κ2) is 19.8. The van der Waals surface area contributed by atoms with Crippen LogP contribution < -0.4 is 31.8 Å². The van der Waals surface area contributed by atoms with Crippen LogP contribution in [-0.2, 0) is 16.5 Å². The van der Waals surface area contributed by atoms with Crippen LogP contribution in [0.15, 0.2) is 224 Å². The van der Waals surface area contributed by atoms with Crippen LogP contribution in [-0.4, -0.2) is 0 Å². The van der Waals surface area contributed by atoms with Crippen molar-refractivity contribution in [2.24, 2.45) is 0 Å². The molecule has 0 aromatic heterocycles. The van der Waals surface area contributed by atoms with Crippen molar-refractivity contribution < 1.29 is 17.9 Å². The molecule has 0 aliphatic carbocycles. The van der Waals surface area contributed by atoms with Crippen LogP contribution in [0.5, 0.6) is 0 Å². The summed E-state index contributed by atoms with van der Waals surface area (Å²) in [4.78, 5) is 0. The molecule has 8 aromatic rings. The third kappa shape index (κ3) is 9.53. The van der Waals surface area contributed by atoms with Crippen LogP contribution in [0.25, 0.3) is 5.57 Å². The fourth-order valence-electron chi connectivity index (χ4n) is 7.67. The van der Waals surface area contributed by atoms with E-state index in [2.05, 4.69) is 238 Å². The molecular weight excluding hydrogens is 769 g/mol. The molecule has 0 unspecified atom stereocenters. The summed E-state index contributed by atoms with van der Waals surface area (Å²) in [5.74, 6) is 0.0329. The zero-order valence-corrected chi connectivity index (χ0v) is 34.7. The van der Waals surface area contributed by atoms with E-state index in [0.717, 1.165) is 0 Å². The molecule has 0 spiro atoms. The van der Waals surface area contributed by atoms with Gasteiger partial charge < -0.3 is 0 Å². The Kier molecular flexibility index (Phi) is 14.4. The van der Waals surface area contributed by atoms with Gasteiger partial charge in [0.25, 0.3) is 0 Å². The van der Waals surface area contributed by atoms with E-state index < -0.39 is 15.8 Å². The molecule has 0 aliphatic rings. The molecule has 0 saturated heterocycles. The van der Waals surface area contributed by atoms with E-state index >= 15 is 0 Å². The first-order valence-electron chi connectivity index (χ1n) is 19.1. The molecule has 8 aromatic carbocycles. The maximum absolute atomic E-state index is 2.58. The van der Waals surface area contributed by atoms with Crippen LogP contribution in [0.3, 0.4) is 0 Å². The van der Waals surface area contributed by atoms with E-state index in [-0.39, 0.29) is 31.3 Å². The van der Waals surface area contributed by atoms with Crippen LogP contribution in [0, 0.1) is 13.8 Å². The molecule has 8 rings (SSSR count). The first-order valence-corrected chi connectivity index (χ1v) is 22.1. The van der Waals surface area contributed by atoms with E-state index in [1.807, 2.05) is 0 Å². The number of rotatable bonds is 11. The molecule has 0 amide bonds. The molecule has 0 bridgehead atoms. The normalized spacial score (nSPS) is 10.8. The van der Waals surface area contributed by atoms with E-state index in [0.29, 0.717) is 0 Å². The summed E-state index contributed by atoms with van der Waals surface area (Å²) in [5.41, 5.74) is 8.97. The first-order chi connectivity index (χ1) is 27.1. The predicted molar refractivity (Wildman–Crippen MR) is 253 cm³/mol. The average Bonchev–Trinajstić information content (AvgIpc) is 3.25. The van der Waals surface area contributed by atoms with Gasteiger partial charge in [0.2, 0.25) is 0 Å². The van der Waals surface area contributed by atoms with E-state index in [9.17, 15) is 0 Å². The average molecular weight is 822 g/mol. The van der Waals surface area contributed by atoms with Crippen molar-refractivity contribution >= 4 is 53.2 Å². The monoisotopic (exact) mass is 820 g/mol. The summed E-state index contributed by atoms with van der Waals surface area (Å²) >= 11 is 0. The molecule has 0 saturated carbocycles. The molecule has 0 radical (unpaired) electrons. The van der Waals surface area contributed by atoms with E-state index in [1.165, 1.54) is 70.8 Å². The summed E-state index contributed by atoms with van der Waals surface area (Å²) < 4.78 is 0. The van der Waals surface area contributed by atoms with Gasteiger partial charge in [-0.2, -0.15) is 0 Å². The minimum absolute atomic E-state index is 0. The Morgan fingerprint density at radius 1 is 0.386 bits per heavy atom. The third-order valence-electron chi connectivity index (χ3n) is 10.4. The fourth-order valence-corrected chi connectivity index (χ4v) is 13.2. The minimum atomic E-state index is -1.40. The number of benzene rings is 8. The Labute approximate surface area is 354 Å². The molecule has 0 heterocycles. The molecule has 0 atom stereocenters.